The van der Waals surface area contributed by atoms with E-state index in [0.29, 0.717) is 12.1 Å². The predicted molar refractivity (Wildman–Crippen MR) is 80.2 cm³/mol. The molecule has 0 bridgehead atoms. The van der Waals surface area contributed by atoms with Gasteiger partial charge < -0.3 is 11.1 Å². The minimum Gasteiger partial charge on any atom is -0.399 e. The van der Waals surface area contributed by atoms with Crippen LogP contribution in [0.25, 0.3) is 0 Å². The molecule has 1 saturated heterocycles. The predicted octanol–water partition coefficient (Wildman–Crippen LogP) is 2.33. The molecule has 1 aliphatic carbocycles. The third-order valence-corrected chi connectivity index (χ3v) is 4.13. The summed E-state index contributed by atoms with van der Waals surface area (Å²) >= 11 is 0. The van der Waals surface area contributed by atoms with Crippen molar-refractivity contribution in [1.82, 2.24) is 10.2 Å². The number of nitrogens with zero attached hydrogens (tertiary/aromatic N) is 1. The highest BCUT2D eigenvalue weighted by Crippen LogP contribution is 2.41. The maximum atomic E-state index is 6.05. The second-order valence-corrected chi connectivity index (χ2v) is 6.45. The van der Waals surface area contributed by atoms with E-state index in [4.69, 9.17) is 5.73 Å². The molecule has 0 aromatic heterocycles. The minimum absolute atomic E-state index is 0.577. The van der Waals surface area contributed by atoms with Crippen molar-refractivity contribution >= 4 is 5.69 Å². The van der Waals surface area contributed by atoms with Gasteiger partial charge in [0.15, 0.2) is 0 Å². The van der Waals surface area contributed by atoms with E-state index in [1.165, 1.54) is 24.0 Å². The zero-order valence-electron chi connectivity index (χ0n) is 12.0. The molecule has 3 heteroatoms. The van der Waals surface area contributed by atoms with E-state index in [9.17, 15) is 0 Å². The molecule has 1 aliphatic heterocycles. The number of anilines is 1. The number of hydrogen-bond donors (Lipinski definition) is 2. The zero-order valence-corrected chi connectivity index (χ0v) is 12.0. The average Bonchev–Trinajstić information content (AvgIpc) is 3.09. The van der Waals surface area contributed by atoms with Gasteiger partial charge >= 0.3 is 0 Å². The molecule has 3 rings (SSSR count). The van der Waals surface area contributed by atoms with E-state index in [1.54, 1.807) is 0 Å². The Morgan fingerprint density at radius 2 is 1.84 bits per heavy atom. The quantitative estimate of drug-likeness (QED) is 0.819. The number of nitrogen functional groups attached to an aromatic ring is 1. The first-order valence-electron chi connectivity index (χ1n) is 7.48. The summed E-state index contributed by atoms with van der Waals surface area (Å²) in [7, 11) is 0. The minimum atomic E-state index is 0.577. The summed E-state index contributed by atoms with van der Waals surface area (Å²) in [5.74, 6) is 0.781. The first kappa shape index (κ1) is 12.9. The lowest BCUT2D eigenvalue weighted by atomic mass is 10.0. The second-order valence-electron chi connectivity index (χ2n) is 6.45. The number of hydrogen-bond acceptors (Lipinski definition) is 3. The summed E-state index contributed by atoms with van der Waals surface area (Å²) in [5, 5.41) is 3.58. The van der Waals surface area contributed by atoms with Crippen LogP contribution in [-0.2, 0) is 6.54 Å². The lowest BCUT2D eigenvalue weighted by molar-refractivity contribution is 0.166. The van der Waals surface area contributed by atoms with Gasteiger partial charge in [-0.3, -0.25) is 4.90 Å². The van der Waals surface area contributed by atoms with Crippen LogP contribution >= 0.6 is 0 Å². The molecule has 1 heterocycles. The van der Waals surface area contributed by atoms with Gasteiger partial charge in [0.05, 0.1) is 0 Å². The first-order valence-corrected chi connectivity index (χ1v) is 7.48. The standard InChI is InChI=1S/C16H25N3/c1-11-8-19(9-12(2)18-11)10-13-5-15(14-3-4-14)7-16(17)6-13/h5-7,11-12,14,18H,3-4,8-10,17H2,1-2H3/t11-,12+. The Bertz CT molecular complexity index is 443. The fourth-order valence-electron chi connectivity index (χ4n) is 3.32. The van der Waals surface area contributed by atoms with Crippen molar-refractivity contribution in [1.29, 1.82) is 0 Å². The number of nitrogens with one attached hydrogen (secondary N) is 1. The van der Waals surface area contributed by atoms with Crippen molar-refractivity contribution in [3.63, 3.8) is 0 Å². The summed E-state index contributed by atoms with van der Waals surface area (Å²) in [6.07, 6.45) is 2.68. The lowest BCUT2D eigenvalue weighted by Gasteiger charge is -2.36. The normalized spacial score (nSPS) is 28.5. The molecule has 0 spiro atoms. The number of nitrogens with two attached hydrogens (primary N) is 1. The monoisotopic (exact) mass is 259 g/mol. The van der Waals surface area contributed by atoms with Gasteiger partial charge in [0.25, 0.3) is 0 Å². The van der Waals surface area contributed by atoms with E-state index in [2.05, 4.69) is 42.3 Å². The van der Waals surface area contributed by atoms with Crippen molar-refractivity contribution in [2.24, 2.45) is 0 Å². The molecule has 3 N–H and O–H groups in total. The molecule has 2 aliphatic rings. The lowest BCUT2D eigenvalue weighted by Crippen LogP contribution is -2.53. The molecule has 19 heavy (non-hydrogen) atoms. The average molecular weight is 259 g/mol. The Balaban J connectivity index is 1.71. The van der Waals surface area contributed by atoms with Gasteiger partial charge in [0.1, 0.15) is 0 Å². The van der Waals surface area contributed by atoms with Crippen LogP contribution in [-0.4, -0.2) is 30.1 Å². The second kappa shape index (κ2) is 5.14. The Morgan fingerprint density at radius 3 is 2.47 bits per heavy atom. The first-order chi connectivity index (χ1) is 9.10. The van der Waals surface area contributed by atoms with Crippen LogP contribution < -0.4 is 11.1 Å². The fourth-order valence-corrected chi connectivity index (χ4v) is 3.32. The maximum Gasteiger partial charge on any atom is 0.0320 e. The maximum absolute atomic E-state index is 6.05. The summed E-state index contributed by atoms with van der Waals surface area (Å²) in [6, 6.07) is 7.82. The zero-order chi connectivity index (χ0) is 13.4. The highest BCUT2D eigenvalue weighted by atomic mass is 15.2. The van der Waals surface area contributed by atoms with Crippen LogP contribution in [0.2, 0.25) is 0 Å². The molecular formula is C16H25N3. The highest BCUT2D eigenvalue weighted by Gasteiger charge is 2.25. The largest absolute Gasteiger partial charge is 0.399 e. The van der Waals surface area contributed by atoms with Gasteiger partial charge in [0.2, 0.25) is 0 Å². The smallest absolute Gasteiger partial charge is 0.0320 e. The van der Waals surface area contributed by atoms with E-state index >= 15 is 0 Å². The molecule has 0 unspecified atom stereocenters. The number of rotatable bonds is 3. The van der Waals surface area contributed by atoms with Gasteiger partial charge in [-0.05, 0) is 55.9 Å². The van der Waals surface area contributed by atoms with Crippen molar-refractivity contribution in [2.45, 2.75) is 51.2 Å². The van der Waals surface area contributed by atoms with Gasteiger partial charge in [-0.25, -0.2) is 0 Å². The van der Waals surface area contributed by atoms with Crippen LogP contribution in [0.3, 0.4) is 0 Å². The van der Waals surface area contributed by atoms with Crippen molar-refractivity contribution in [3.05, 3.63) is 29.3 Å². The van der Waals surface area contributed by atoms with Crippen molar-refractivity contribution < 1.29 is 0 Å². The third kappa shape index (κ3) is 3.28. The molecule has 2 fully saturated rings. The molecule has 3 nitrogen and oxygen atoms in total. The van der Waals surface area contributed by atoms with Crippen molar-refractivity contribution in [3.8, 4) is 0 Å². The van der Waals surface area contributed by atoms with E-state index < -0.39 is 0 Å². The Kier molecular flexibility index (Phi) is 3.50. The van der Waals surface area contributed by atoms with Crippen molar-refractivity contribution in [2.75, 3.05) is 18.8 Å². The van der Waals surface area contributed by atoms with Gasteiger partial charge in [-0.15, -0.1) is 0 Å². The Morgan fingerprint density at radius 1 is 1.16 bits per heavy atom. The molecule has 104 valence electrons. The summed E-state index contributed by atoms with van der Waals surface area (Å²) in [6.45, 7) is 7.80. The van der Waals surface area contributed by atoms with Crippen LogP contribution in [0.5, 0.6) is 0 Å². The molecule has 1 aromatic rings. The van der Waals surface area contributed by atoms with E-state index in [1.807, 2.05) is 0 Å². The van der Waals surface area contributed by atoms with Crippen LogP contribution in [0.1, 0.15) is 43.7 Å². The Hall–Kier alpha value is -1.06. The molecule has 0 radical (unpaired) electrons. The van der Waals surface area contributed by atoms with Gasteiger partial charge in [-0.2, -0.15) is 0 Å². The molecule has 2 atom stereocenters. The SMILES string of the molecule is C[C@@H]1CN(Cc2cc(N)cc(C3CC3)c2)C[C@H](C)N1. The third-order valence-electron chi connectivity index (χ3n) is 4.13. The molecule has 1 aromatic carbocycles. The summed E-state index contributed by atoms with van der Waals surface area (Å²) in [5.41, 5.74) is 9.81. The fraction of sp³-hybridized carbons (Fsp3) is 0.625. The molecule has 1 saturated carbocycles. The Labute approximate surface area is 116 Å². The van der Waals surface area contributed by atoms with Gasteiger partial charge in [-0.1, -0.05) is 6.07 Å². The highest BCUT2D eigenvalue weighted by molar-refractivity contribution is 5.46. The summed E-state index contributed by atoms with van der Waals surface area (Å²) in [4.78, 5) is 2.54. The van der Waals surface area contributed by atoms with Crippen LogP contribution in [0.4, 0.5) is 5.69 Å². The van der Waals surface area contributed by atoms with E-state index in [0.717, 1.165) is 31.2 Å². The van der Waals surface area contributed by atoms with E-state index in [-0.39, 0.29) is 0 Å². The number of benzene rings is 1. The number of piperazine rings is 1. The van der Waals surface area contributed by atoms with Crippen LogP contribution in [0, 0.1) is 0 Å². The molecular weight excluding hydrogens is 234 g/mol. The van der Waals surface area contributed by atoms with Gasteiger partial charge in [0, 0.05) is 37.4 Å². The molecule has 0 amide bonds. The summed E-state index contributed by atoms with van der Waals surface area (Å²) < 4.78 is 0. The van der Waals surface area contributed by atoms with Crippen LogP contribution in [0.15, 0.2) is 18.2 Å². The topological polar surface area (TPSA) is 41.3 Å².